The summed E-state index contributed by atoms with van der Waals surface area (Å²) in [5, 5.41) is 11.8. The zero-order valence-corrected chi connectivity index (χ0v) is 7.95. The Hall–Kier alpha value is -0.770. The van der Waals surface area contributed by atoms with E-state index < -0.39 is 6.09 Å². The van der Waals surface area contributed by atoms with Crippen molar-refractivity contribution in [1.82, 2.24) is 5.32 Å². The molecule has 0 radical (unpaired) electrons. The zero-order chi connectivity index (χ0) is 9.68. The molecular formula is C9H17NO3. The lowest BCUT2D eigenvalue weighted by molar-refractivity contribution is 0.131. The summed E-state index contributed by atoms with van der Waals surface area (Å²) in [6.45, 7) is 0.147. The van der Waals surface area contributed by atoms with Crippen molar-refractivity contribution in [3.8, 4) is 0 Å². The highest BCUT2D eigenvalue weighted by molar-refractivity contribution is 5.67. The topological polar surface area (TPSA) is 58.6 Å². The van der Waals surface area contributed by atoms with Gasteiger partial charge >= 0.3 is 6.09 Å². The number of ether oxygens (including phenoxy) is 1. The predicted molar refractivity (Wildman–Crippen MR) is 48.4 cm³/mol. The first-order valence-electron chi connectivity index (χ1n) is 4.73. The first-order valence-corrected chi connectivity index (χ1v) is 4.73. The number of hydrogen-bond donors (Lipinski definition) is 2. The van der Waals surface area contributed by atoms with Gasteiger partial charge in [-0.05, 0) is 12.8 Å². The molecule has 76 valence electrons. The van der Waals surface area contributed by atoms with E-state index in [0.717, 1.165) is 25.7 Å². The standard InChI is InChI=1S/C9H17NO3/c1-13-9(12)10-8-5-3-2-4-7(8)6-11/h7-8,11H,2-6H2,1H3,(H,10,12). The van der Waals surface area contributed by atoms with Gasteiger partial charge in [0.05, 0.1) is 7.11 Å². The number of aliphatic hydroxyl groups is 1. The molecule has 4 nitrogen and oxygen atoms in total. The van der Waals surface area contributed by atoms with Crippen LogP contribution in [0.15, 0.2) is 0 Å². The van der Waals surface area contributed by atoms with Gasteiger partial charge in [-0.3, -0.25) is 0 Å². The summed E-state index contributed by atoms with van der Waals surface area (Å²) in [5.41, 5.74) is 0. The Labute approximate surface area is 78.3 Å². The van der Waals surface area contributed by atoms with Gasteiger partial charge in [0, 0.05) is 18.6 Å². The number of methoxy groups -OCH3 is 1. The molecule has 1 aliphatic rings. The van der Waals surface area contributed by atoms with E-state index in [9.17, 15) is 4.79 Å². The van der Waals surface area contributed by atoms with Crippen LogP contribution in [0, 0.1) is 5.92 Å². The van der Waals surface area contributed by atoms with E-state index in [0.29, 0.717) is 0 Å². The first kappa shape index (κ1) is 10.3. The maximum absolute atomic E-state index is 10.9. The minimum Gasteiger partial charge on any atom is -0.453 e. The smallest absolute Gasteiger partial charge is 0.407 e. The second-order valence-corrected chi connectivity index (χ2v) is 3.47. The third-order valence-corrected chi connectivity index (χ3v) is 2.63. The average molecular weight is 187 g/mol. The van der Waals surface area contributed by atoms with Crippen LogP contribution < -0.4 is 5.32 Å². The number of nitrogens with one attached hydrogen (secondary N) is 1. The molecule has 0 saturated heterocycles. The van der Waals surface area contributed by atoms with Crippen LogP contribution in [-0.2, 0) is 4.74 Å². The van der Waals surface area contributed by atoms with Crippen molar-refractivity contribution >= 4 is 6.09 Å². The number of rotatable bonds is 2. The number of amides is 1. The second kappa shape index (κ2) is 5.07. The average Bonchev–Trinajstić information content (AvgIpc) is 2.18. The predicted octanol–water partition coefficient (Wildman–Crippen LogP) is 0.893. The van der Waals surface area contributed by atoms with Crippen LogP contribution in [0.5, 0.6) is 0 Å². The van der Waals surface area contributed by atoms with Crippen LogP contribution >= 0.6 is 0 Å². The van der Waals surface area contributed by atoms with E-state index in [-0.39, 0.29) is 18.6 Å². The van der Waals surface area contributed by atoms with Crippen molar-refractivity contribution in [1.29, 1.82) is 0 Å². The van der Waals surface area contributed by atoms with Crippen molar-refractivity contribution in [2.24, 2.45) is 5.92 Å². The van der Waals surface area contributed by atoms with Gasteiger partial charge in [-0.2, -0.15) is 0 Å². The Kier molecular flexibility index (Phi) is 4.02. The Balaban J connectivity index is 2.40. The molecule has 4 heteroatoms. The highest BCUT2D eigenvalue weighted by atomic mass is 16.5. The molecule has 0 aromatic heterocycles. The van der Waals surface area contributed by atoms with Gasteiger partial charge in [0.1, 0.15) is 0 Å². The van der Waals surface area contributed by atoms with Gasteiger partial charge in [-0.1, -0.05) is 12.8 Å². The summed E-state index contributed by atoms with van der Waals surface area (Å²) >= 11 is 0. The van der Waals surface area contributed by atoms with Crippen molar-refractivity contribution in [3.05, 3.63) is 0 Å². The maximum Gasteiger partial charge on any atom is 0.407 e. The zero-order valence-electron chi connectivity index (χ0n) is 7.95. The minimum absolute atomic E-state index is 0.0891. The fourth-order valence-electron chi connectivity index (χ4n) is 1.83. The molecule has 2 atom stereocenters. The Bertz CT molecular complexity index is 172. The first-order chi connectivity index (χ1) is 6.27. The van der Waals surface area contributed by atoms with E-state index in [1.807, 2.05) is 0 Å². The molecule has 1 amide bonds. The van der Waals surface area contributed by atoms with E-state index in [1.54, 1.807) is 0 Å². The van der Waals surface area contributed by atoms with Gasteiger partial charge in [0.15, 0.2) is 0 Å². The van der Waals surface area contributed by atoms with Crippen LogP contribution in [0.1, 0.15) is 25.7 Å². The summed E-state index contributed by atoms with van der Waals surface area (Å²) < 4.78 is 4.51. The lowest BCUT2D eigenvalue weighted by atomic mass is 9.85. The SMILES string of the molecule is COC(=O)NC1CCCCC1CO. The van der Waals surface area contributed by atoms with Gasteiger partial charge in [0.25, 0.3) is 0 Å². The van der Waals surface area contributed by atoms with Crippen LogP contribution in [0.25, 0.3) is 0 Å². The van der Waals surface area contributed by atoms with Crippen molar-refractivity contribution < 1.29 is 14.6 Å². The largest absolute Gasteiger partial charge is 0.453 e. The molecule has 2 N–H and O–H groups in total. The minimum atomic E-state index is -0.398. The van der Waals surface area contributed by atoms with Crippen LogP contribution in [0.3, 0.4) is 0 Å². The molecule has 0 aromatic rings. The Morgan fingerprint density at radius 2 is 2.23 bits per heavy atom. The molecule has 1 fully saturated rings. The van der Waals surface area contributed by atoms with Crippen molar-refractivity contribution in [3.63, 3.8) is 0 Å². The van der Waals surface area contributed by atoms with Crippen LogP contribution in [0.4, 0.5) is 4.79 Å². The molecule has 1 aliphatic carbocycles. The number of carbonyl (C=O) groups excluding carboxylic acids is 1. The third kappa shape index (κ3) is 2.88. The number of alkyl carbamates (subject to hydrolysis) is 1. The fraction of sp³-hybridized carbons (Fsp3) is 0.889. The molecule has 0 heterocycles. The van der Waals surface area contributed by atoms with E-state index in [2.05, 4.69) is 10.1 Å². The summed E-state index contributed by atoms with van der Waals surface area (Å²) in [6, 6.07) is 0.0891. The molecular weight excluding hydrogens is 170 g/mol. The quantitative estimate of drug-likeness (QED) is 0.675. The summed E-state index contributed by atoms with van der Waals surface area (Å²) in [7, 11) is 1.35. The fourth-order valence-corrected chi connectivity index (χ4v) is 1.83. The van der Waals surface area contributed by atoms with Crippen LogP contribution in [0.2, 0.25) is 0 Å². The number of aliphatic hydroxyl groups excluding tert-OH is 1. The highest BCUT2D eigenvalue weighted by Gasteiger charge is 2.25. The van der Waals surface area contributed by atoms with E-state index in [4.69, 9.17) is 5.11 Å². The Morgan fingerprint density at radius 3 is 2.85 bits per heavy atom. The molecule has 0 aliphatic heterocycles. The van der Waals surface area contributed by atoms with Gasteiger partial charge in [-0.15, -0.1) is 0 Å². The monoisotopic (exact) mass is 187 g/mol. The van der Waals surface area contributed by atoms with Gasteiger partial charge < -0.3 is 15.2 Å². The molecule has 0 aromatic carbocycles. The molecule has 13 heavy (non-hydrogen) atoms. The molecule has 2 unspecified atom stereocenters. The molecule has 1 rings (SSSR count). The number of carbonyl (C=O) groups is 1. The normalized spacial score (nSPS) is 28.2. The molecule has 0 spiro atoms. The summed E-state index contributed by atoms with van der Waals surface area (Å²) in [5.74, 6) is 0.202. The highest BCUT2D eigenvalue weighted by Crippen LogP contribution is 2.23. The van der Waals surface area contributed by atoms with E-state index >= 15 is 0 Å². The van der Waals surface area contributed by atoms with Gasteiger partial charge in [0.2, 0.25) is 0 Å². The Morgan fingerprint density at radius 1 is 1.54 bits per heavy atom. The van der Waals surface area contributed by atoms with Gasteiger partial charge in [-0.25, -0.2) is 4.79 Å². The molecule has 1 saturated carbocycles. The van der Waals surface area contributed by atoms with Crippen molar-refractivity contribution in [2.45, 2.75) is 31.7 Å². The maximum atomic E-state index is 10.9. The molecule has 0 bridgehead atoms. The summed E-state index contributed by atoms with van der Waals surface area (Å²) in [6.07, 6.45) is 3.80. The van der Waals surface area contributed by atoms with Crippen LogP contribution in [-0.4, -0.2) is 31.0 Å². The summed E-state index contributed by atoms with van der Waals surface area (Å²) in [4.78, 5) is 10.9. The second-order valence-electron chi connectivity index (χ2n) is 3.47. The lowest BCUT2D eigenvalue weighted by Crippen LogP contribution is -2.43. The van der Waals surface area contributed by atoms with Crippen molar-refractivity contribution in [2.75, 3.05) is 13.7 Å². The number of hydrogen-bond acceptors (Lipinski definition) is 3. The lowest BCUT2D eigenvalue weighted by Gasteiger charge is -2.30. The third-order valence-electron chi connectivity index (χ3n) is 2.63. The van der Waals surface area contributed by atoms with E-state index in [1.165, 1.54) is 7.11 Å².